The van der Waals surface area contributed by atoms with E-state index in [0.717, 1.165) is 24.3 Å². The number of ether oxygens (including phenoxy) is 1. The van der Waals surface area contributed by atoms with Crippen LogP contribution in [0.4, 0.5) is 10.5 Å². The zero-order valence-electron chi connectivity index (χ0n) is 9.96. The van der Waals surface area contributed by atoms with Gasteiger partial charge in [0.15, 0.2) is 0 Å². The molecule has 1 unspecified atom stereocenters. The summed E-state index contributed by atoms with van der Waals surface area (Å²) >= 11 is 1.83. The minimum atomic E-state index is -0.359. The third-order valence-corrected chi connectivity index (χ3v) is 4.74. The van der Waals surface area contributed by atoms with Crippen LogP contribution in [0.5, 0.6) is 5.75 Å². The number of benzene rings is 1. The van der Waals surface area contributed by atoms with Gasteiger partial charge in [-0.3, -0.25) is 4.90 Å². The standard InChI is InChI=1S/C13H15NO3S/c15-11-5-2-1-4-10(11)14-8-13(17-12(14)16)6-3-7-18-9-13/h1-2,4-5,15H,3,6-9H2. The molecule has 96 valence electrons. The van der Waals surface area contributed by atoms with E-state index in [1.165, 1.54) is 0 Å². The van der Waals surface area contributed by atoms with Crippen LogP contribution in [0.3, 0.4) is 0 Å². The number of carbonyl (C=O) groups is 1. The van der Waals surface area contributed by atoms with Crippen molar-refractivity contribution in [2.75, 3.05) is 23.0 Å². The van der Waals surface area contributed by atoms with Crippen molar-refractivity contribution in [1.29, 1.82) is 0 Å². The Morgan fingerprint density at radius 1 is 1.39 bits per heavy atom. The van der Waals surface area contributed by atoms with Crippen molar-refractivity contribution >= 4 is 23.5 Å². The minimum absolute atomic E-state index is 0.120. The molecule has 2 saturated heterocycles. The molecular formula is C13H15NO3S. The molecule has 1 N–H and O–H groups in total. The van der Waals surface area contributed by atoms with Gasteiger partial charge in [-0.1, -0.05) is 12.1 Å². The van der Waals surface area contributed by atoms with Crippen LogP contribution in [0.25, 0.3) is 0 Å². The second kappa shape index (κ2) is 4.39. The monoisotopic (exact) mass is 265 g/mol. The summed E-state index contributed by atoms with van der Waals surface area (Å²) in [5.74, 6) is 2.11. The van der Waals surface area contributed by atoms with E-state index in [-0.39, 0.29) is 17.4 Å². The lowest BCUT2D eigenvalue weighted by Gasteiger charge is -2.30. The van der Waals surface area contributed by atoms with Crippen LogP contribution in [-0.2, 0) is 4.74 Å². The summed E-state index contributed by atoms with van der Waals surface area (Å²) in [6.07, 6.45) is 1.64. The van der Waals surface area contributed by atoms with Gasteiger partial charge >= 0.3 is 6.09 Å². The van der Waals surface area contributed by atoms with E-state index in [1.807, 2.05) is 17.8 Å². The number of amides is 1. The number of nitrogens with zero attached hydrogens (tertiary/aromatic N) is 1. The first kappa shape index (κ1) is 11.7. The summed E-state index contributed by atoms with van der Waals surface area (Å²) < 4.78 is 5.57. The van der Waals surface area contributed by atoms with E-state index >= 15 is 0 Å². The Balaban J connectivity index is 1.87. The first-order chi connectivity index (χ1) is 8.70. The third-order valence-electron chi connectivity index (χ3n) is 3.43. The van der Waals surface area contributed by atoms with Crippen molar-refractivity contribution in [2.24, 2.45) is 0 Å². The van der Waals surface area contributed by atoms with Gasteiger partial charge in [-0.2, -0.15) is 11.8 Å². The van der Waals surface area contributed by atoms with Crippen molar-refractivity contribution < 1.29 is 14.6 Å². The molecule has 2 aliphatic heterocycles. The minimum Gasteiger partial charge on any atom is -0.506 e. The number of carbonyl (C=O) groups excluding carboxylic acids is 1. The van der Waals surface area contributed by atoms with E-state index in [1.54, 1.807) is 23.1 Å². The first-order valence-electron chi connectivity index (χ1n) is 6.06. The zero-order valence-corrected chi connectivity index (χ0v) is 10.8. The van der Waals surface area contributed by atoms with Gasteiger partial charge in [-0.25, -0.2) is 4.79 Å². The molecule has 2 fully saturated rings. The molecule has 0 radical (unpaired) electrons. The quantitative estimate of drug-likeness (QED) is 0.848. The van der Waals surface area contributed by atoms with Gasteiger partial charge < -0.3 is 9.84 Å². The smallest absolute Gasteiger partial charge is 0.415 e. The maximum absolute atomic E-state index is 12.0. The summed E-state index contributed by atoms with van der Waals surface area (Å²) in [6, 6.07) is 6.88. The summed E-state index contributed by atoms with van der Waals surface area (Å²) in [4.78, 5) is 13.5. The van der Waals surface area contributed by atoms with Crippen LogP contribution in [0.15, 0.2) is 24.3 Å². The summed E-state index contributed by atoms with van der Waals surface area (Å²) in [5, 5.41) is 9.82. The van der Waals surface area contributed by atoms with Gasteiger partial charge in [0.25, 0.3) is 0 Å². The molecule has 0 aromatic heterocycles. The van der Waals surface area contributed by atoms with E-state index in [4.69, 9.17) is 4.74 Å². The molecule has 5 heteroatoms. The number of para-hydroxylation sites is 2. The second-order valence-electron chi connectivity index (χ2n) is 4.78. The Hall–Kier alpha value is -1.36. The number of phenolic OH excluding ortho intramolecular Hbond substituents is 1. The molecular weight excluding hydrogens is 250 g/mol. The van der Waals surface area contributed by atoms with Crippen LogP contribution in [0.2, 0.25) is 0 Å². The van der Waals surface area contributed by atoms with Crippen LogP contribution in [0, 0.1) is 0 Å². The number of thioether (sulfide) groups is 1. The molecule has 2 heterocycles. The second-order valence-corrected chi connectivity index (χ2v) is 5.89. The van der Waals surface area contributed by atoms with Crippen molar-refractivity contribution in [3.8, 4) is 5.75 Å². The van der Waals surface area contributed by atoms with Crippen molar-refractivity contribution in [1.82, 2.24) is 0 Å². The molecule has 0 bridgehead atoms. The van der Waals surface area contributed by atoms with Crippen LogP contribution in [0.1, 0.15) is 12.8 Å². The Bertz CT molecular complexity index is 471. The lowest BCUT2D eigenvalue weighted by Crippen LogP contribution is -2.39. The van der Waals surface area contributed by atoms with Crippen LogP contribution in [-0.4, -0.2) is 34.9 Å². The summed E-state index contributed by atoms with van der Waals surface area (Å²) in [5.41, 5.74) is 0.178. The number of anilines is 1. The first-order valence-corrected chi connectivity index (χ1v) is 7.22. The van der Waals surface area contributed by atoms with Gasteiger partial charge in [-0.15, -0.1) is 0 Å². The van der Waals surface area contributed by atoms with E-state index in [2.05, 4.69) is 0 Å². The largest absolute Gasteiger partial charge is 0.506 e. The molecule has 3 rings (SSSR count). The topological polar surface area (TPSA) is 49.8 Å². The molecule has 18 heavy (non-hydrogen) atoms. The number of aromatic hydroxyl groups is 1. The molecule has 0 aliphatic carbocycles. The summed E-state index contributed by atoms with van der Waals surface area (Å²) in [6.45, 7) is 0.538. The average Bonchev–Trinajstić information content (AvgIpc) is 2.67. The maximum atomic E-state index is 12.0. The Morgan fingerprint density at radius 3 is 2.94 bits per heavy atom. The number of rotatable bonds is 1. The number of hydrogen-bond acceptors (Lipinski definition) is 4. The van der Waals surface area contributed by atoms with Crippen LogP contribution < -0.4 is 4.90 Å². The molecule has 1 spiro atoms. The molecule has 2 aliphatic rings. The Morgan fingerprint density at radius 2 is 2.22 bits per heavy atom. The maximum Gasteiger partial charge on any atom is 0.415 e. The van der Waals surface area contributed by atoms with Gasteiger partial charge in [0.1, 0.15) is 11.4 Å². The van der Waals surface area contributed by atoms with Gasteiger partial charge in [-0.05, 0) is 30.7 Å². The predicted octanol–water partition coefficient (Wildman–Crippen LogP) is 2.61. The average molecular weight is 265 g/mol. The highest BCUT2D eigenvalue weighted by Crippen LogP contribution is 2.39. The molecule has 1 atom stereocenters. The van der Waals surface area contributed by atoms with Crippen molar-refractivity contribution in [3.05, 3.63) is 24.3 Å². The van der Waals surface area contributed by atoms with Crippen LogP contribution >= 0.6 is 11.8 Å². The highest BCUT2D eigenvalue weighted by atomic mass is 32.2. The number of phenols is 1. The fraction of sp³-hybridized carbons (Fsp3) is 0.462. The zero-order chi connectivity index (χ0) is 12.6. The van der Waals surface area contributed by atoms with Crippen molar-refractivity contribution in [2.45, 2.75) is 18.4 Å². The van der Waals surface area contributed by atoms with Gasteiger partial charge in [0.2, 0.25) is 0 Å². The third kappa shape index (κ3) is 1.92. The Kier molecular flexibility index (Phi) is 2.86. The highest BCUT2D eigenvalue weighted by Gasteiger charge is 2.47. The van der Waals surface area contributed by atoms with E-state index in [9.17, 15) is 9.90 Å². The predicted molar refractivity (Wildman–Crippen MR) is 71.2 cm³/mol. The Labute approximate surface area is 110 Å². The molecule has 0 saturated carbocycles. The fourth-order valence-corrected chi connectivity index (χ4v) is 3.69. The lowest BCUT2D eigenvalue weighted by atomic mass is 10.00. The highest BCUT2D eigenvalue weighted by molar-refractivity contribution is 7.99. The molecule has 4 nitrogen and oxygen atoms in total. The van der Waals surface area contributed by atoms with E-state index < -0.39 is 0 Å². The van der Waals surface area contributed by atoms with E-state index in [0.29, 0.717) is 12.2 Å². The normalized spacial score (nSPS) is 27.6. The fourth-order valence-electron chi connectivity index (χ4n) is 2.53. The van der Waals surface area contributed by atoms with Crippen molar-refractivity contribution in [3.63, 3.8) is 0 Å². The SMILES string of the molecule is O=C1OC2(CCCSC2)CN1c1ccccc1O. The number of hydrogen-bond donors (Lipinski definition) is 1. The molecule has 1 amide bonds. The van der Waals surface area contributed by atoms with Gasteiger partial charge in [0.05, 0.1) is 12.2 Å². The summed E-state index contributed by atoms with van der Waals surface area (Å²) in [7, 11) is 0. The lowest BCUT2D eigenvalue weighted by molar-refractivity contribution is 0.0664. The molecule has 1 aromatic carbocycles. The van der Waals surface area contributed by atoms with Gasteiger partial charge in [0, 0.05) is 5.75 Å². The molecule has 1 aromatic rings.